The smallest absolute Gasteiger partial charge is 0.223 e. The fourth-order valence-corrected chi connectivity index (χ4v) is 3.11. The third-order valence-electron chi connectivity index (χ3n) is 4.78. The molecule has 1 N–H and O–H groups in total. The van der Waals surface area contributed by atoms with Gasteiger partial charge in [-0.3, -0.25) is 19.7 Å². The molecular formula is C21H28N4O2. The summed E-state index contributed by atoms with van der Waals surface area (Å²) in [5.74, 6) is 1.20. The van der Waals surface area contributed by atoms with Crippen molar-refractivity contribution < 1.29 is 9.53 Å². The van der Waals surface area contributed by atoms with E-state index in [-0.39, 0.29) is 17.9 Å². The highest BCUT2D eigenvalue weighted by molar-refractivity contribution is 5.79. The summed E-state index contributed by atoms with van der Waals surface area (Å²) < 4.78 is 5.98. The van der Waals surface area contributed by atoms with Gasteiger partial charge >= 0.3 is 0 Å². The number of aromatic nitrogens is 2. The second-order valence-electron chi connectivity index (χ2n) is 7.32. The average molecular weight is 368 g/mol. The number of amides is 1. The third-order valence-corrected chi connectivity index (χ3v) is 4.78. The first-order valence-corrected chi connectivity index (χ1v) is 9.57. The number of hydrogen-bond donors (Lipinski definition) is 1. The van der Waals surface area contributed by atoms with Crippen LogP contribution >= 0.6 is 0 Å². The first-order valence-electron chi connectivity index (χ1n) is 9.57. The van der Waals surface area contributed by atoms with Crippen LogP contribution in [0.15, 0.2) is 42.9 Å². The standard InChI is InChI=1S/C21H28N4O2/c1-16(12-24-21(26)18-6-4-7-18)27-20-8-3-5-17(11-20)14-25(2)15-19-13-22-9-10-23-19/h3,5,8-11,13,16,18H,4,6-7,12,14-15H2,1-2H3,(H,24,26)/t16-/m1/s1. The van der Waals surface area contributed by atoms with Gasteiger partial charge in [0, 0.05) is 37.6 Å². The summed E-state index contributed by atoms with van der Waals surface area (Å²) in [6, 6.07) is 8.09. The minimum atomic E-state index is -0.0680. The maximum atomic E-state index is 11.9. The van der Waals surface area contributed by atoms with Crippen molar-refractivity contribution in [3.8, 4) is 5.75 Å². The summed E-state index contributed by atoms with van der Waals surface area (Å²) >= 11 is 0. The molecule has 1 aromatic heterocycles. The van der Waals surface area contributed by atoms with Crippen molar-refractivity contribution in [2.24, 2.45) is 5.92 Å². The molecule has 0 saturated heterocycles. The molecule has 27 heavy (non-hydrogen) atoms. The Morgan fingerprint density at radius 1 is 1.33 bits per heavy atom. The Labute approximate surface area is 161 Å². The molecule has 0 spiro atoms. The van der Waals surface area contributed by atoms with E-state index in [0.717, 1.165) is 37.4 Å². The number of nitrogens with one attached hydrogen (secondary N) is 1. The number of rotatable bonds is 9. The molecule has 1 atom stereocenters. The number of carbonyl (C=O) groups excluding carboxylic acids is 1. The third kappa shape index (κ3) is 6.03. The number of ether oxygens (including phenoxy) is 1. The minimum absolute atomic E-state index is 0.0680. The van der Waals surface area contributed by atoms with E-state index < -0.39 is 0 Å². The Bertz CT molecular complexity index is 734. The van der Waals surface area contributed by atoms with Crippen LogP contribution in [0.25, 0.3) is 0 Å². The van der Waals surface area contributed by atoms with E-state index in [1.807, 2.05) is 19.1 Å². The molecule has 1 saturated carbocycles. The van der Waals surface area contributed by atoms with E-state index >= 15 is 0 Å². The second kappa shape index (κ2) is 9.46. The fourth-order valence-electron chi connectivity index (χ4n) is 3.11. The number of benzene rings is 1. The lowest BCUT2D eigenvalue weighted by molar-refractivity contribution is -0.127. The molecule has 0 radical (unpaired) electrons. The lowest BCUT2D eigenvalue weighted by atomic mass is 9.85. The SMILES string of the molecule is C[C@H](CNC(=O)C1CCC1)Oc1cccc(CN(C)Cc2cnccn2)c1. The van der Waals surface area contributed by atoms with E-state index in [1.54, 1.807) is 18.6 Å². The largest absolute Gasteiger partial charge is 0.489 e. The van der Waals surface area contributed by atoms with Gasteiger partial charge in [0.2, 0.25) is 5.91 Å². The van der Waals surface area contributed by atoms with Gasteiger partial charge in [0.1, 0.15) is 11.9 Å². The second-order valence-corrected chi connectivity index (χ2v) is 7.32. The van der Waals surface area contributed by atoms with E-state index in [4.69, 9.17) is 4.74 Å². The van der Waals surface area contributed by atoms with Crippen LogP contribution in [-0.4, -0.2) is 40.5 Å². The van der Waals surface area contributed by atoms with Gasteiger partial charge in [-0.05, 0) is 44.5 Å². The predicted molar refractivity (Wildman–Crippen MR) is 104 cm³/mol. The maximum absolute atomic E-state index is 11.9. The lowest BCUT2D eigenvalue weighted by Gasteiger charge is -2.25. The molecule has 2 aromatic rings. The molecule has 0 aliphatic heterocycles. The van der Waals surface area contributed by atoms with Gasteiger partial charge in [0.15, 0.2) is 0 Å². The van der Waals surface area contributed by atoms with Gasteiger partial charge in [-0.1, -0.05) is 18.6 Å². The summed E-state index contributed by atoms with van der Waals surface area (Å²) in [6.45, 7) is 4.04. The highest BCUT2D eigenvalue weighted by Gasteiger charge is 2.25. The molecule has 1 amide bonds. The zero-order valence-electron chi connectivity index (χ0n) is 16.1. The van der Waals surface area contributed by atoms with Gasteiger partial charge in [0.05, 0.1) is 12.2 Å². The molecule has 1 heterocycles. The Morgan fingerprint density at radius 3 is 2.89 bits per heavy atom. The van der Waals surface area contributed by atoms with Crippen molar-refractivity contribution in [3.63, 3.8) is 0 Å². The van der Waals surface area contributed by atoms with Crippen LogP contribution in [0.5, 0.6) is 5.75 Å². The highest BCUT2D eigenvalue weighted by atomic mass is 16.5. The molecule has 1 aliphatic carbocycles. The Kier molecular flexibility index (Phi) is 6.76. The summed E-state index contributed by atoms with van der Waals surface area (Å²) in [7, 11) is 2.06. The van der Waals surface area contributed by atoms with Crippen molar-refractivity contribution in [3.05, 3.63) is 54.1 Å². The van der Waals surface area contributed by atoms with Gasteiger partial charge in [0.25, 0.3) is 0 Å². The maximum Gasteiger partial charge on any atom is 0.223 e. The van der Waals surface area contributed by atoms with Crippen LogP contribution in [0, 0.1) is 5.92 Å². The van der Waals surface area contributed by atoms with Crippen LogP contribution < -0.4 is 10.1 Å². The lowest BCUT2D eigenvalue weighted by Crippen LogP contribution is -2.39. The van der Waals surface area contributed by atoms with Crippen LogP contribution in [0.1, 0.15) is 37.4 Å². The fraction of sp³-hybridized carbons (Fsp3) is 0.476. The Balaban J connectivity index is 1.46. The summed E-state index contributed by atoms with van der Waals surface area (Å²) in [5.41, 5.74) is 2.12. The molecule has 6 heteroatoms. The van der Waals surface area contributed by atoms with E-state index in [9.17, 15) is 4.79 Å². The van der Waals surface area contributed by atoms with Gasteiger partial charge < -0.3 is 10.1 Å². The summed E-state index contributed by atoms with van der Waals surface area (Å²) in [4.78, 5) is 22.5. The molecule has 0 bridgehead atoms. The quantitative estimate of drug-likeness (QED) is 0.737. The molecule has 6 nitrogen and oxygen atoms in total. The van der Waals surface area contributed by atoms with E-state index in [1.165, 1.54) is 12.0 Å². The van der Waals surface area contributed by atoms with Crippen molar-refractivity contribution in [1.29, 1.82) is 0 Å². The van der Waals surface area contributed by atoms with Gasteiger partial charge in [-0.2, -0.15) is 0 Å². The number of nitrogens with zero attached hydrogens (tertiary/aromatic N) is 3. The first-order chi connectivity index (χ1) is 13.1. The van der Waals surface area contributed by atoms with Crippen molar-refractivity contribution >= 4 is 5.91 Å². The zero-order valence-corrected chi connectivity index (χ0v) is 16.1. The van der Waals surface area contributed by atoms with Gasteiger partial charge in [-0.15, -0.1) is 0 Å². The zero-order chi connectivity index (χ0) is 19.1. The molecule has 1 fully saturated rings. The summed E-state index contributed by atoms with van der Waals surface area (Å²) in [5, 5.41) is 2.99. The molecule has 144 valence electrons. The number of carbonyl (C=O) groups is 1. The van der Waals surface area contributed by atoms with E-state index in [0.29, 0.717) is 6.54 Å². The van der Waals surface area contributed by atoms with Crippen molar-refractivity contribution in [2.45, 2.75) is 45.4 Å². The molecule has 1 aliphatic rings. The summed E-state index contributed by atoms with van der Waals surface area (Å²) in [6.07, 6.45) is 8.32. The van der Waals surface area contributed by atoms with Crippen LogP contribution in [0.3, 0.4) is 0 Å². The number of hydrogen-bond acceptors (Lipinski definition) is 5. The van der Waals surface area contributed by atoms with E-state index in [2.05, 4.69) is 39.4 Å². The topological polar surface area (TPSA) is 67.3 Å². The Morgan fingerprint density at radius 2 is 2.19 bits per heavy atom. The Hall–Kier alpha value is -2.47. The average Bonchev–Trinajstić information content (AvgIpc) is 2.59. The van der Waals surface area contributed by atoms with Crippen molar-refractivity contribution in [2.75, 3.05) is 13.6 Å². The molecule has 0 unspecified atom stereocenters. The van der Waals surface area contributed by atoms with Gasteiger partial charge in [-0.25, -0.2) is 0 Å². The monoisotopic (exact) mass is 368 g/mol. The normalized spacial score (nSPS) is 15.2. The highest BCUT2D eigenvalue weighted by Crippen LogP contribution is 2.26. The van der Waals surface area contributed by atoms with Crippen molar-refractivity contribution in [1.82, 2.24) is 20.2 Å². The molecular weight excluding hydrogens is 340 g/mol. The van der Waals surface area contributed by atoms with Crippen LogP contribution in [0.4, 0.5) is 0 Å². The van der Waals surface area contributed by atoms with Crippen LogP contribution in [0.2, 0.25) is 0 Å². The minimum Gasteiger partial charge on any atom is -0.489 e. The molecule has 1 aromatic carbocycles. The molecule has 3 rings (SSSR count). The predicted octanol–water partition coefficient (Wildman–Crippen LogP) is 2.79. The van der Waals surface area contributed by atoms with Crippen LogP contribution in [-0.2, 0) is 17.9 Å². The first kappa shape index (κ1) is 19.3.